The minimum Gasteiger partial charge on any atom is -0.497 e. The molecule has 3 heterocycles. The molecule has 3 amide bonds. The van der Waals surface area contributed by atoms with Gasteiger partial charge in [0, 0.05) is 16.6 Å². The quantitative estimate of drug-likeness (QED) is 0.531. The van der Waals surface area contributed by atoms with Crippen molar-refractivity contribution in [2.45, 2.75) is 24.9 Å². The Labute approximate surface area is 213 Å². The molecule has 7 nitrogen and oxygen atoms in total. The van der Waals surface area contributed by atoms with Crippen LogP contribution in [-0.2, 0) is 26.3 Å². The van der Waals surface area contributed by atoms with Crippen LogP contribution in [0, 0.1) is 18.8 Å². The number of ether oxygens (including phenoxy) is 1. The zero-order valence-electron chi connectivity index (χ0n) is 19.7. The fraction of sp³-hybridized carbons (Fsp3) is 0.250. The van der Waals surface area contributed by atoms with Gasteiger partial charge < -0.3 is 10.1 Å². The second-order valence-electron chi connectivity index (χ2n) is 9.51. The Hall–Kier alpha value is -3.68. The first-order valence-corrected chi connectivity index (χ1v) is 12.2. The molecule has 0 saturated carbocycles. The SMILES string of the molecule is COc1ccc(N2C(=O)[C@@H]3[C@H](Cc4ccccc4)N[C@@]4(C(=O)Nc5c4ccc(Cl)c5C)[C@H]3C2=O)cc1. The molecule has 36 heavy (non-hydrogen) atoms. The first kappa shape index (κ1) is 22.8. The highest BCUT2D eigenvalue weighted by molar-refractivity contribution is 6.32. The number of carbonyl (C=O) groups excluding carboxylic acids is 3. The van der Waals surface area contributed by atoms with Gasteiger partial charge in [0.25, 0.3) is 0 Å². The summed E-state index contributed by atoms with van der Waals surface area (Å²) >= 11 is 6.35. The van der Waals surface area contributed by atoms with Crippen molar-refractivity contribution in [2.24, 2.45) is 11.8 Å². The van der Waals surface area contributed by atoms with Crippen LogP contribution >= 0.6 is 11.6 Å². The Morgan fingerprint density at radius 1 is 0.972 bits per heavy atom. The number of rotatable bonds is 4. The second kappa shape index (κ2) is 8.18. The van der Waals surface area contributed by atoms with E-state index >= 15 is 0 Å². The number of carbonyl (C=O) groups is 3. The molecule has 3 aliphatic heterocycles. The number of anilines is 2. The van der Waals surface area contributed by atoms with E-state index in [1.807, 2.05) is 37.3 Å². The molecule has 0 unspecified atom stereocenters. The topological polar surface area (TPSA) is 87.7 Å². The summed E-state index contributed by atoms with van der Waals surface area (Å²) in [6.45, 7) is 1.83. The fourth-order valence-corrected chi connectivity index (χ4v) is 6.18. The van der Waals surface area contributed by atoms with Crippen molar-refractivity contribution in [3.05, 3.63) is 88.4 Å². The Morgan fingerprint density at radius 2 is 1.69 bits per heavy atom. The zero-order chi connectivity index (χ0) is 25.2. The van der Waals surface area contributed by atoms with Gasteiger partial charge in [0.15, 0.2) is 0 Å². The maximum atomic E-state index is 14.0. The van der Waals surface area contributed by atoms with Crippen LogP contribution in [-0.4, -0.2) is 30.9 Å². The summed E-state index contributed by atoms with van der Waals surface area (Å²) in [6, 6.07) is 19.7. The van der Waals surface area contributed by atoms with E-state index in [0.29, 0.717) is 34.1 Å². The largest absolute Gasteiger partial charge is 0.497 e. The van der Waals surface area contributed by atoms with Crippen LogP contribution in [0.15, 0.2) is 66.7 Å². The van der Waals surface area contributed by atoms with E-state index in [4.69, 9.17) is 16.3 Å². The van der Waals surface area contributed by atoms with Crippen LogP contribution in [0.25, 0.3) is 0 Å². The zero-order valence-corrected chi connectivity index (χ0v) is 20.5. The van der Waals surface area contributed by atoms with E-state index in [1.165, 1.54) is 4.90 Å². The number of amides is 3. The number of hydrogen-bond acceptors (Lipinski definition) is 5. The van der Waals surface area contributed by atoms with Crippen LogP contribution in [0.2, 0.25) is 5.02 Å². The molecular formula is C28H24ClN3O4. The van der Waals surface area contributed by atoms with Crippen molar-refractivity contribution in [3.63, 3.8) is 0 Å². The van der Waals surface area contributed by atoms with Gasteiger partial charge in [-0.15, -0.1) is 0 Å². The van der Waals surface area contributed by atoms with Gasteiger partial charge in [-0.3, -0.25) is 19.7 Å². The molecule has 2 N–H and O–H groups in total. The molecule has 0 aliphatic carbocycles. The minimum absolute atomic E-state index is 0.313. The molecule has 3 aliphatic rings. The van der Waals surface area contributed by atoms with Crippen LogP contribution < -0.4 is 20.3 Å². The smallest absolute Gasteiger partial charge is 0.250 e. The number of fused-ring (bicyclic) bond motifs is 4. The van der Waals surface area contributed by atoms with Crippen LogP contribution in [0.5, 0.6) is 5.75 Å². The van der Waals surface area contributed by atoms with E-state index in [0.717, 1.165) is 11.1 Å². The summed E-state index contributed by atoms with van der Waals surface area (Å²) in [5.74, 6) is -2.04. The Morgan fingerprint density at radius 3 is 2.39 bits per heavy atom. The van der Waals surface area contributed by atoms with Gasteiger partial charge in [-0.05, 0) is 54.8 Å². The highest BCUT2D eigenvalue weighted by Crippen LogP contribution is 2.55. The van der Waals surface area contributed by atoms with Crippen LogP contribution in [0.4, 0.5) is 11.4 Å². The van der Waals surface area contributed by atoms with Gasteiger partial charge in [0.05, 0.1) is 30.3 Å². The molecule has 3 aromatic rings. The van der Waals surface area contributed by atoms with Crippen LogP contribution in [0.3, 0.4) is 0 Å². The molecule has 1 spiro atoms. The third-order valence-corrected chi connectivity index (χ3v) is 8.12. The highest BCUT2D eigenvalue weighted by atomic mass is 35.5. The molecule has 0 aromatic heterocycles. The lowest BCUT2D eigenvalue weighted by Crippen LogP contribution is -2.53. The van der Waals surface area contributed by atoms with E-state index in [-0.39, 0.29) is 11.8 Å². The number of hydrogen-bond donors (Lipinski definition) is 2. The van der Waals surface area contributed by atoms with Crippen molar-refractivity contribution in [2.75, 3.05) is 17.3 Å². The fourth-order valence-electron chi connectivity index (χ4n) is 6.02. The monoisotopic (exact) mass is 501 g/mol. The highest BCUT2D eigenvalue weighted by Gasteiger charge is 2.70. The summed E-state index contributed by atoms with van der Waals surface area (Å²) in [6.07, 6.45) is 0.494. The molecule has 0 bridgehead atoms. The number of halogens is 1. The second-order valence-corrected chi connectivity index (χ2v) is 9.92. The number of methoxy groups -OCH3 is 1. The van der Waals surface area contributed by atoms with Crippen molar-refractivity contribution >= 4 is 40.7 Å². The maximum absolute atomic E-state index is 14.0. The van der Waals surface area contributed by atoms with Crippen molar-refractivity contribution < 1.29 is 19.1 Å². The molecule has 182 valence electrons. The lowest BCUT2D eigenvalue weighted by atomic mass is 9.76. The molecule has 4 atom stereocenters. The maximum Gasteiger partial charge on any atom is 0.250 e. The van der Waals surface area contributed by atoms with Gasteiger partial charge >= 0.3 is 0 Å². The molecule has 2 saturated heterocycles. The molecule has 2 fully saturated rings. The van der Waals surface area contributed by atoms with Crippen molar-refractivity contribution in [1.29, 1.82) is 0 Å². The minimum atomic E-state index is -1.37. The number of nitrogens with one attached hydrogen (secondary N) is 2. The van der Waals surface area contributed by atoms with Crippen molar-refractivity contribution in [3.8, 4) is 5.75 Å². The Balaban J connectivity index is 1.50. The first-order chi connectivity index (χ1) is 17.4. The average molecular weight is 502 g/mol. The lowest BCUT2D eigenvalue weighted by Gasteiger charge is -2.29. The van der Waals surface area contributed by atoms with Gasteiger partial charge in [-0.25, -0.2) is 4.90 Å². The normalized spacial score (nSPS) is 26.4. The molecule has 0 radical (unpaired) electrons. The lowest BCUT2D eigenvalue weighted by molar-refractivity contribution is -0.130. The summed E-state index contributed by atoms with van der Waals surface area (Å²) in [4.78, 5) is 42.9. The number of imide groups is 1. The van der Waals surface area contributed by atoms with E-state index in [9.17, 15) is 14.4 Å². The molecule has 6 rings (SSSR count). The van der Waals surface area contributed by atoms with E-state index in [2.05, 4.69) is 10.6 Å². The molecule has 8 heteroatoms. The summed E-state index contributed by atoms with van der Waals surface area (Å²) in [5.41, 5.74) is 2.08. The average Bonchev–Trinajstić information content (AvgIpc) is 3.47. The molecular weight excluding hydrogens is 478 g/mol. The standard InChI is InChI=1S/C28H24ClN3O4/c1-15-20(29)13-12-19-24(15)30-27(35)28(19)23-22(21(31-28)14-16-6-4-3-5-7-16)25(33)32(26(23)34)17-8-10-18(36-2)11-9-17/h3-13,21-23,31H,14H2,1-2H3,(H,30,35)/t21-,22+,23+,28+/m0/s1. The summed E-state index contributed by atoms with van der Waals surface area (Å²) in [5, 5.41) is 6.96. The first-order valence-electron chi connectivity index (χ1n) is 11.8. The predicted octanol–water partition coefficient (Wildman–Crippen LogP) is 3.82. The van der Waals surface area contributed by atoms with Gasteiger partial charge in [-0.1, -0.05) is 48.0 Å². The summed E-state index contributed by atoms with van der Waals surface area (Å²) in [7, 11) is 1.56. The van der Waals surface area contributed by atoms with Gasteiger partial charge in [0.2, 0.25) is 17.7 Å². The molecule has 3 aromatic carbocycles. The third-order valence-electron chi connectivity index (χ3n) is 7.71. The Kier molecular flexibility index (Phi) is 5.17. The van der Waals surface area contributed by atoms with Crippen LogP contribution in [0.1, 0.15) is 16.7 Å². The van der Waals surface area contributed by atoms with Gasteiger partial charge in [-0.2, -0.15) is 0 Å². The number of nitrogens with zero attached hydrogens (tertiary/aromatic N) is 1. The predicted molar refractivity (Wildman–Crippen MR) is 136 cm³/mol. The van der Waals surface area contributed by atoms with Gasteiger partial charge in [0.1, 0.15) is 11.3 Å². The van der Waals surface area contributed by atoms with E-state index in [1.54, 1.807) is 43.5 Å². The summed E-state index contributed by atoms with van der Waals surface area (Å²) < 4.78 is 5.23. The number of benzene rings is 3. The third kappa shape index (κ3) is 3.06. The van der Waals surface area contributed by atoms with Crippen molar-refractivity contribution in [1.82, 2.24) is 5.32 Å². The van der Waals surface area contributed by atoms with E-state index < -0.39 is 29.3 Å². The Bertz CT molecular complexity index is 1410.